The number of hydrogen-bond acceptors (Lipinski definition) is 7. The molecule has 1 heterocycles. The Labute approximate surface area is 219 Å². The highest BCUT2D eigenvalue weighted by Gasteiger charge is 2.34. The van der Waals surface area contributed by atoms with E-state index in [1.54, 1.807) is 20.0 Å². The molecular formula is C25H35N5O8. The van der Waals surface area contributed by atoms with Gasteiger partial charge in [0.2, 0.25) is 17.7 Å². The Hall–Kier alpha value is -3.97. The largest absolute Gasteiger partial charge is 0.481 e. The van der Waals surface area contributed by atoms with E-state index in [9.17, 15) is 39.3 Å². The molecule has 208 valence electrons. The van der Waals surface area contributed by atoms with Gasteiger partial charge in [0.25, 0.3) is 0 Å². The summed E-state index contributed by atoms with van der Waals surface area (Å²) in [5.74, 6) is -5.93. The molecule has 1 aromatic heterocycles. The van der Waals surface area contributed by atoms with E-state index in [1.165, 1.54) is 6.92 Å². The number of carbonyl (C=O) groups is 5. The third-order valence-corrected chi connectivity index (χ3v) is 6.30. The molecule has 9 N–H and O–H groups in total. The van der Waals surface area contributed by atoms with E-state index in [4.69, 9.17) is 5.73 Å². The SMILES string of the molecule is CCC(C)C(NC(=O)C(CC(=O)O)NC(=O)C(N)Cc1c[nH]c2ccccc12)C(=O)NC(C(=O)O)C(C)O. The fourth-order valence-electron chi connectivity index (χ4n) is 3.88. The van der Waals surface area contributed by atoms with E-state index in [0.29, 0.717) is 6.42 Å². The number of fused-ring (bicyclic) bond motifs is 1. The lowest BCUT2D eigenvalue weighted by Gasteiger charge is -2.28. The van der Waals surface area contributed by atoms with Gasteiger partial charge in [-0.2, -0.15) is 0 Å². The molecule has 3 amide bonds. The van der Waals surface area contributed by atoms with E-state index in [0.717, 1.165) is 16.5 Å². The van der Waals surface area contributed by atoms with Crippen LogP contribution in [0.2, 0.25) is 0 Å². The van der Waals surface area contributed by atoms with Gasteiger partial charge < -0.3 is 42.0 Å². The van der Waals surface area contributed by atoms with Gasteiger partial charge in [-0.15, -0.1) is 0 Å². The maximum absolute atomic E-state index is 13.0. The third-order valence-electron chi connectivity index (χ3n) is 6.30. The third kappa shape index (κ3) is 8.02. The average molecular weight is 534 g/mol. The molecule has 6 unspecified atom stereocenters. The monoisotopic (exact) mass is 533 g/mol. The molecular weight excluding hydrogens is 498 g/mol. The van der Waals surface area contributed by atoms with Gasteiger partial charge in [0, 0.05) is 17.1 Å². The van der Waals surface area contributed by atoms with Gasteiger partial charge in [0.15, 0.2) is 6.04 Å². The first-order valence-electron chi connectivity index (χ1n) is 12.2. The summed E-state index contributed by atoms with van der Waals surface area (Å²) in [6, 6.07) is 1.87. The molecule has 2 aromatic rings. The number of carboxylic acid groups (broad SMARTS) is 2. The van der Waals surface area contributed by atoms with Gasteiger partial charge in [-0.3, -0.25) is 19.2 Å². The van der Waals surface area contributed by atoms with Gasteiger partial charge in [0.1, 0.15) is 12.1 Å². The van der Waals surface area contributed by atoms with Gasteiger partial charge in [-0.05, 0) is 30.9 Å². The van der Waals surface area contributed by atoms with E-state index >= 15 is 0 Å². The highest BCUT2D eigenvalue weighted by Crippen LogP contribution is 2.19. The van der Waals surface area contributed by atoms with Crippen LogP contribution in [0.1, 0.15) is 39.2 Å². The molecule has 1 aromatic carbocycles. The Bertz CT molecular complexity index is 1160. The number of aliphatic hydroxyl groups is 1. The van der Waals surface area contributed by atoms with E-state index in [-0.39, 0.29) is 6.42 Å². The molecule has 0 fully saturated rings. The standard InChI is InChI=1S/C25H35N5O8/c1-4-12(2)20(24(36)30-21(13(3)31)25(37)38)29-23(35)18(10-19(32)33)28-22(34)16(26)9-14-11-27-17-8-6-5-7-15(14)17/h5-8,11-13,16,18,20-21,27,31H,4,9-10,26H2,1-3H3,(H,28,34)(H,29,35)(H,30,36)(H,32,33)(H,37,38). The number of para-hydroxylation sites is 1. The number of H-pyrrole nitrogens is 1. The van der Waals surface area contributed by atoms with Crippen molar-refractivity contribution in [1.29, 1.82) is 0 Å². The fourth-order valence-corrected chi connectivity index (χ4v) is 3.88. The molecule has 38 heavy (non-hydrogen) atoms. The van der Waals surface area contributed by atoms with Crippen molar-refractivity contribution < 1.29 is 39.3 Å². The molecule has 0 aliphatic rings. The number of hydrogen-bond donors (Lipinski definition) is 8. The quantitative estimate of drug-likeness (QED) is 0.156. The zero-order chi connectivity index (χ0) is 28.6. The zero-order valence-electron chi connectivity index (χ0n) is 21.4. The van der Waals surface area contributed by atoms with E-state index in [2.05, 4.69) is 20.9 Å². The number of rotatable bonds is 14. The summed E-state index contributed by atoms with van der Waals surface area (Å²) in [6.45, 7) is 4.55. The molecule has 0 saturated carbocycles. The Morgan fingerprint density at radius 1 is 0.947 bits per heavy atom. The fraction of sp³-hybridized carbons (Fsp3) is 0.480. The topological polar surface area (TPSA) is 224 Å². The first kappa shape index (κ1) is 30.3. The van der Waals surface area contributed by atoms with Crippen LogP contribution >= 0.6 is 0 Å². The molecule has 13 nitrogen and oxygen atoms in total. The second kappa shape index (κ2) is 13.5. The van der Waals surface area contributed by atoms with Crippen LogP contribution in [0.15, 0.2) is 30.5 Å². The number of aliphatic carboxylic acids is 2. The second-order valence-electron chi connectivity index (χ2n) is 9.27. The molecule has 0 spiro atoms. The van der Waals surface area contributed by atoms with Gasteiger partial charge >= 0.3 is 11.9 Å². The summed E-state index contributed by atoms with van der Waals surface area (Å²) in [7, 11) is 0. The van der Waals surface area contributed by atoms with Crippen molar-refractivity contribution in [2.45, 2.75) is 70.3 Å². The molecule has 6 atom stereocenters. The van der Waals surface area contributed by atoms with Crippen LogP contribution in [-0.2, 0) is 30.4 Å². The maximum atomic E-state index is 13.0. The summed E-state index contributed by atoms with van der Waals surface area (Å²) < 4.78 is 0. The smallest absolute Gasteiger partial charge is 0.328 e. The Morgan fingerprint density at radius 2 is 1.58 bits per heavy atom. The number of amides is 3. The minimum atomic E-state index is -1.62. The van der Waals surface area contributed by atoms with Crippen molar-refractivity contribution in [2.75, 3.05) is 0 Å². The summed E-state index contributed by atoms with van der Waals surface area (Å²) >= 11 is 0. The summed E-state index contributed by atoms with van der Waals surface area (Å²) in [6.07, 6.45) is 0.0352. The number of aromatic nitrogens is 1. The first-order chi connectivity index (χ1) is 17.8. The van der Waals surface area contributed by atoms with Gasteiger partial charge in [0.05, 0.1) is 18.6 Å². The minimum Gasteiger partial charge on any atom is -0.481 e. The lowest BCUT2D eigenvalue weighted by molar-refractivity contribution is -0.146. The molecule has 2 rings (SSSR count). The lowest BCUT2D eigenvalue weighted by Crippen LogP contribution is -2.60. The number of aliphatic hydroxyl groups excluding tert-OH is 1. The Balaban J connectivity index is 2.16. The van der Waals surface area contributed by atoms with Crippen molar-refractivity contribution in [3.8, 4) is 0 Å². The number of carboxylic acids is 2. The summed E-state index contributed by atoms with van der Waals surface area (Å²) in [4.78, 5) is 64.6. The van der Waals surface area contributed by atoms with Crippen LogP contribution in [0, 0.1) is 5.92 Å². The van der Waals surface area contributed by atoms with E-state index < -0.39 is 72.3 Å². The van der Waals surface area contributed by atoms with Crippen molar-refractivity contribution in [1.82, 2.24) is 20.9 Å². The average Bonchev–Trinajstić information content (AvgIpc) is 3.26. The summed E-state index contributed by atoms with van der Waals surface area (Å²) in [5, 5.41) is 36.1. The number of benzene rings is 1. The molecule has 13 heteroatoms. The number of nitrogens with two attached hydrogens (primary N) is 1. The predicted molar refractivity (Wildman–Crippen MR) is 137 cm³/mol. The van der Waals surface area contributed by atoms with Crippen LogP contribution in [-0.4, -0.2) is 80.2 Å². The molecule has 0 aliphatic carbocycles. The number of aromatic amines is 1. The van der Waals surface area contributed by atoms with Crippen molar-refractivity contribution in [2.24, 2.45) is 11.7 Å². The molecule has 0 radical (unpaired) electrons. The second-order valence-corrected chi connectivity index (χ2v) is 9.27. The highest BCUT2D eigenvalue weighted by atomic mass is 16.4. The predicted octanol–water partition coefficient (Wildman–Crippen LogP) is -0.522. The van der Waals surface area contributed by atoms with Gasteiger partial charge in [-0.25, -0.2) is 4.79 Å². The Kier molecular flexibility index (Phi) is 10.8. The molecule has 0 aliphatic heterocycles. The normalized spacial score (nSPS) is 15.9. The van der Waals surface area contributed by atoms with Crippen LogP contribution < -0.4 is 21.7 Å². The first-order valence-corrected chi connectivity index (χ1v) is 12.2. The van der Waals surface area contributed by atoms with Gasteiger partial charge in [-0.1, -0.05) is 38.5 Å². The summed E-state index contributed by atoms with van der Waals surface area (Å²) in [5.41, 5.74) is 7.68. The van der Waals surface area contributed by atoms with Crippen LogP contribution in [0.25, 0.3) is 10.9 Å². The number of nitrogens with one attached hydrogen (secondary N) is 4. The van der Waals surface area contributed by atoms with E-state index in [1.807, 2.05) is 24.3 Å². The Morgan fingerprint density at radius 3 is 2.16 bits per heavy atom. The van der Waals surface area contributed by atoms with Crippen LogP contribution in [0.3, 0.4) is 0 Å². The van der Waals surface area contributed by atoms with Crippen molar-refractivity contribution >= 4 is 40.6 Å². The number of carbonyl (C=O) groups excluding carboxylic acids is 3. The highest BCUT2D eigenvalue weighted by molar-refractivity contribution is 5.96. The zero-order valence-corrected chi connectivity index (χ0v) is 21.4. The lowest BCUT2D eigenvalue weighted by atomic mass is 9.97. The minimum absolute atomic E-state index is 0.116. The molecule has 0 saturated heterocycles. The molecule has 0 bridgehead atoms. The van der Waals surface area contributed by atoms with Crippen LogP contribution in [0.5, 0.6) is 0 Å². The van der Waals surface area contributed by atoms with Crippen molar-refractivity contribution in [3.63, 3.8) is 0 Å². The van der Waals surface area contributed by atoms with Crippen molar-refractivity contribution in [3.05, 3.63) is 36.0 Å². The van der Waals surface area contributed by atoms with Crippen LogP contribution in [0.4, 0.5) is 0 Å². The maximum Gasteiger partial charge on any atom is 0.328 e.